The van der Waals surface area contributed by atoms with Crippen molar-refractivity contribution >= 4 is 0 Å². The lowest BCUT2D eigenvalue weighted by atomic mass is 10.2. The molecule has 2 N–H and O–H groups in total. The minimum absolute atomic E-state index is 0.0723. The molecule has 0 fully saturated rings. The van der Waals surface area contributed by atoms with Crippen LogP contribution in [0, 0.1) is 0 Å². The monoisotopic (exact) mass is 242 g/mol. The predicted octanol–water partition coefficient (Wildman–Crippen LogP) is 1.23. The molecule has 0 radical (unpaired) electrons. The molecule has 0 bridgehead atoms. The fraction of sp³-hybridized carbons (Fsp3) is 1.00. The Labute approximate surface area is 94.6 Å². The van der Waals surface area contributed by atoms with E-state index < -0.39 is 18.8 Å². The molecule has 0 amide bonds. The van der Waals surface area contributed by atoms with Gasteiger partial charge in [0.2, 0.25) is 0 Å². The zero-order valence-corrected chi connectivity index (χ0v) is 10.0. The summed E-state index contributed by atoms with van der Waals surface area (Å²) < 4.78 is 36.0. The minimum Gasteiger partial charge on any atom is -0.382 e. The van der Waals surface area contributed by atoms with Crippen molar-refractivity contribution in [1.82, 2.24) is 10.2 Å². The lowest BCUT2D eigenvalue weighted by molar-refractivity contribution is -0.202. The summed E-state index contributed by atoms with van der Waals surface area (Å²) in [6, 6.07) is -0.0723. The Morgan fingerprint density at radius 1 is 1.25 bits per heavy atom. The van der Waals surface area contributed by atoms with Gasteiger partial charge in [0.1, 0.15) is 0 Å². The molecular formula is C10H21F3N2O. The van der Waals surface area contributed by atoms with E-state index in [9.17, 15) is 13.2 Å². The van der Waals surface area contributed by atoms with Crippen molar-refractivity contribution in [3.05, 3.63) is 0 Å². The molecule has 0 heterocycles. The van der Waals surface area contributed by atoms with Gasteiger partial charge in [-0.3, -0.25) is 0 Å². The summed E-state index contributed by atoms with van der Waals surface area (Å²) in [5.74, 6) is 0. The van der Waals surface area contributed by atoms with Crippen LogP contribution in [-0.2, 0) is 0 Å². The molecule has 0 aliphatic heterocycles. The van der Waals surface area contributed by atoms with Crippen LogP contribution in [0.1, 0.15) is 20.8 Å². The van der Waals surface area contributed by atoms with Crippen LogP contribution in [0.2, 0.25) is 0 Å². The molecule has 2 atom stereocenters. The van der Waals surface area contributed by atoms with Crippen LogP contribution >= 0.6 is 0 Å². The molecule has 3 nitrogen and oxygen atoms in total. The van der Waals surface area contributed by atoms with Gasteiger partial charge in [0.15, 0.2) is 6.10 Å². The number of halogens is 3. The lowest BCUT2D eigenvalue weighted by Crippen LogP contribution is -2.45. The van der Waals surface area contributed by atoms with Gasteiger partial charge < -0.3 is 15.3 Å². The fourth-order valence-electron chi connectivity index (χ4n) is 1.36. The highest BCUT2D eigenvalue weighted by atomic mass is 19.4. The number of hydrogen-bond acceptors (Lipinski definition) is 3. The number of nitrogens with one attached hydrogen (secondary N) is 1. The maximum absolute atomic E-state index is 12.0. The van der Waals surface area contributed by atoms with Crippen molar-refractivity contribution in [3.63, 3.8) is 0 Å². The van der Waals surface area contributed by atoms with Gasteiger partial charge >= 0.3 is 6.18 Å². The number of aliphatic hydroxyl groups is 1. The van der Waals surface area contributed by atoms with Crippen molar-refractivity contribution in [2.45, 2.75) is 39.1 Å². The average molecular weight is 242 g/mol. The lowest BCUT2D eigenvalue weighted by Gasteiger charge is -2.24. The van der Waals surface area contributed by atoms with E-state index in [-0.39, 0.29) is 6.04 Å². The number of rotatable bonds is 7. The van der Waals surface area contributed by atoms with Crippen LogP contribution in [0.3, 0.4) is 0 Å². The maximum Gasteiger partial charge on any atom is 0.415 e. The van der Waals surface area contributed by atoms with E-state index in [4.69, 9.17) is 5.11 Å². The van der Waals surface area contributed by atoms with Crippen molar-refractivity contribution in [1.29, 1.82) is 0 Å². The molecule has 0 aromatic carbocycles. The molecule has 2 unspecified atom stereocenters. The van der Waals surface area contributed by atoms with Gasteiger partial charge in [-0.15, -0.1) is 0 Å². The zero-order valence-electron chi connectivity index (χ0n) is 10.0. The molecule has 0 aliphatic rings. The normalized spacial score (nSPS) is 16.5. The first kappa shape index (κ1) is 15.7. The Kier molecular flexibility index (Phi) is 6.94. The fourth-order valence-corrected chi connectivity index (χ4v) is 1.36. The second kappa shape index (κ2) is 7.09. The molecule has 0 aromatic heterocycles. The SMILES string of the molecule is CCN(CC)CC(C)NCC(O)C(F)(F)F. The maximum atomic E-state index is 12.0. The molecule has 0 saturated carbocycles. The predicted molar refractivity (Wildman–Crippen MR) is 57.3 cm³/mol. The summed E-state index contributed by atoms with van der Waals surface area (Å²) in [5.41, 5.74) is 0. The third-order valence-corrected chi connectivity index (χ3v) is 2.46. The van der Waals surface area contributed by atoms with Gasteiger partial charge in [-0.1, -0.05) is 13.8 Å². The Bertz CT molecular complexity index is 183. The molecule has 98 valence electrons. The Morgan fingerprint density at radius 2 is 1.75 bits per heavy atom. The zero-order chi connectivity index (χ0) is 12.8. The Morgan fingerprint density at radius 3 is 2.12 bits per heavy atom. The first-order valence-electron chi connectivity index (χ1n) is 5.51. The molecule has 16 heavy (non-hydrogen) atoms. The van der Waals surface area contributed by atoms with Crippen molar-refractivity contribution in [2.24, 2.45) is 0 Å². The van der Waals surface area contributed by atoms with E-state index in [2.05, 4.69) is 10.2 Å². The summed E-state index contributed by atoms with van der Waals surface area (Å²) in [7, 11) is 0. The van der Waals surface area contributed by atoms with Gasteiger partial charge in [0.25, 0.3) is 0 Å². The third kappa shape index (κ3) is 6.30. The van der Waals surface area contributed by atoms with Gasteiger partial charge in [0.05, 0.1) is 0 Å². The van der Waals surface area contributed by atoms with Gasteiger partial charge in [-0.25, -0.2) is 0 Å². The summed E-state index contributed by atoms with van der Waals surface area (Å²) in [5, 5.41) is 11.5. The Hall–Kier alpha value is -0.330. The summed E-state index contributed by atoms with van der Waals surface area (Å²) >= 11 is 0. The minimum atomic E-state index is -4.54. The molecule has 0 aliphatic carbocycles. The molecule has 0 spiro atoms. The summed E-state index contributed by atoms with van der Waals surface area (Å²) in [6.07, 6.45) is -6.83. The van der Waals surface area contributed by atoms with Crippen LogP contribution in [0.15, 0.2) is 0 Å². The Balaban J connectivity index is 3.85. The number of likely N-dealkylation sites (N-methyl/N-ethyl adjacent to an activating group) is 1. The molecule has 0 aromatic rings. The van der Waals surface area contributed by atoms with E-state index in [1.807, 2.05) is 13.8 Å². The van der Waals surface area contributed by atoms with Crippen LogP contribution in [0.4, 0.5) is 13.2 Å². The van der Waals surface area contributed by atoms with Gasteiger partial charge in [-0.2, -0.15) is 13.2 Å². The molecular weight excluding hydrogens is 221 g/mol. The van der Waals surface area contributed by atoms with E-state index >= 15 is 0 Å². The van der Waals surface area contributed by atoms with Gasteiger partial charge in [-0.05, 0) is 20.0 Å². The average Bonchev–Trinajstić information content (AvgIpc) is 2.20. The summed E-state index contributed by atoms with van der Waals surface area (Å²) in [6.45, 7) is 7.77. The smallest absolute Gasteiger partial charge is 0.382 e. The van der Waals surface area contributed by atoms with Gasteiger partial charge in [0, 0.05) is 19.1 Å². The van der Waals surface area contributed by atoms with Crippen LogP contribution in [0.5, 0.6) is 0 Å². The highest BCUT2D eigenvalue weighted by Gasteiger charge is 2.37. The number of nitrogens with zero attached hydrogens (tertiary/aromatic N) is 1. The third-order valence-electron chi connectivity index (χ3n) is 2.46. The van der Waals surface area contributed by atoms with Crippen LogP contribution in [-0.4, -0.2) is 54.5 Å². The summed E-state index contributed by atoms with van der Waals surface area (Å²) in [4.78, 5) is 2.11. The van der Waals surface area contributed by atoms with Crippen LogP contribution < -0.4 is 5.32 Å². The van der Waals surface area contributed by atoms with E-state index in [0.717, 1.165) is 13.1 Å². The first-order valence-corrected chi connectivity index (χ1v) is 5.51. The highest BCUT2D eigenvalue weighted by Crippen LogP contribution is 2.19. The van der Waals surface area contributed by atoms with Crippen molar-refractivity contribution in [2.75, 3.05) is 26.2 Å². The van der Waals surface area contributed by atoms with E-state index in [1.165, 1.54) is 0 Å². The largest absolute Gasteiger partial charge is 0.415 e. The number of hydrogen-bond donors (Lipinski definition) is 2. The highest BCUT2D eigenvalue weighted by molar-refractivity contribution is 4.72. The number of alkyl halides is 3. The molecule has 0 saturated heterocycles. The molecule has 0 rings (SSSR count). The van der Waals surface area contributed by atoms with Crippen molar-refractivity contribution in [3.8, 4) is 0 Å². The van der Waals surface area contributed by atoms with Crippen LogP contribution in [0.25, 0.3) is 0 Å². The quantitative estimate of drug-likeness (QED) is 0.705. The standard InChI is InChI=1S/C10H21F3N2O/c1-4-15(5-2)7-8(3)14-6-9(16)10(11,12)13/h8-9,14,16H,4-7H2,1-3H3. The second-order valence-electron chi connectivity index (χ2n) is 3.85. The second-order valence-corrected chi connectivity index (χ2v) is 3.85. The topological polar surface area (TPSA) is 35.5 Å². The van der Waals surface area contributed by atoms with Crippen molar-refractivity contribution < 1.29 is 18.3 Å². The van der Waals surface area contributed by atoms with E-state index in [0.29, 0.717) is 6.54 Å². The first-order chi connectivity index (χ1) is 7.31. The molecule has 6 heteroatoms. The van der Waals surface area contributed by atoms with E-state index in [1.54, 1.807) is 6.92 Å². The number of aliphatic hydroxyl groups excluding tert-OH is 1.